The molecule has 0 aliphatic carbocycles. The summed E-state index contributed by atoms with van der Waals surface area (Å²) in [5.74, 6) is 2.07. The van der Waals surface area contributed by atoms with Crippen LogP contribution in [0.25, 0.3) is 11.5 Å². The summed E-state index contributed by atoms with van der Waals surface area (Å²) in [6.45, 7) is 4.32. The third-order valence-electron chi connectivity index (χ3n) is 3.73. The fourth-order valence-electron chi connectivity index (χ4n) is 2.64. The van der Waals surface area contributed by atoms with Crippen LogP contribution in [0.2, 0.25) is 0 Å². The molecule has 102 valence electrons. The molecular formula is C14H21N5. The molecule has 1 aliphatic heterocycles. The van der Waals surface area contributed by atoms with Gasteiger partial charge in [-0.3, -0.25) is 0 Å². The highest BCUT2D eigenvalue weighted by Gasteiger charge is 2.20. The Bertz CT molecular complexity index is 521. The van der Waals surface area contributed by atoms with E-state index in [-0.39, 0.29) is 0 Å². The van der Waals surface area contributed by atoms with E-state index in [4.69, 9.17) is 0 Å². The van der Waals surface area contributed by atoms with Crippen molar-refractivity contribution < 1.29 is 0 Å². The van der Waals surface area contributed by atoms with E-state index in [9.17, 15) is 0 Å². The van der Waals surface area contributed by atoms with Gasteiger partial charge in [0.05, 0.1) is 6.20 Å². The topological polar surface area (TPSA) is 58.5 Å². The predicted octanol–water partition coefficient (Wildman–Crippen LogP) is 2.15. The first-order valence-electron chi connectivity index (χ1n) is 7.16. The van der Waals surface area contributed by atoms with Gasteiger partial charge < -0.3 is 14.9 Å². The average Bonchev–Trinajstić information content (AvgIpc) is 3.14. The van der Waals surface area contributed by atoms with Gasteiger partial charge in [-0.25, -0.2) is 9.97 Å². The van der Waals surface area contributed by atoms with Crippen molar-refractivity contribution in [2.45, 2.75) is 38.6 Å². The molecule has 0 spiro atoms. The van der Waals surface area contributed by atoms with E-state index in [0.717, 1.165) is 36.9 Å². The van der Waals surface area contributed by atoms with Crippen LogP contribution in [0.5, 0.6) is 0 Å². The van der Waals surface area contributed by atoms with Crippen LogP contribution in [0.1, 0.15) is 38.1 Å². The molecule has 0 saturated carbocycles. The zero-order chi connectivity index (χ0) is 13.1. The zero-order valence-corrected chi connectivity index (χ0v) is 11.4. The van der Waals surface area contributed by atoms with Crippen LogP contribution < -0.4 is 5.32 Å². The maximum absolute atomic E-state index is 4.49. The molecule has 0 aromatic carbocycles. The highest BCUT2D eigenvalue weighted by Crippen LogP contribution is 2.23. The third kappa shape index (κ3) is 2.56. The second-order valence-corrected chi connectivity index (χ2v) is 5.15. The molecule has 19 heavy (non-hydrogen) atoms. The number of aromatic nitrogens is 4. The largest absolute Gasteiger partial charge is 0.339 e. The van der Waals surface area contributed by atoms with E-state index in [2.05, 4.69) is 38.0 Å². The van der Waals surface area contributed by atoms with Gasteiger partial charge in [0, 0.05) is 31.4 Å². The van der Waals surface area contributed by atoms with Gasteiger partial charge in [-0.05, 0) is 19.4 Å². The lowest BCUT2D eigenvalue weighted by atomic mass is 10.2. The number of nitrogens with zero attached hydrogens (tertiary/aromatic N) is 3. The molecule has 1 fully saturated rings. The maximum Gasteiger partial charge on any atom is 0.158 e. The number of hydrogen-bond acceptors (Lipinski definition) is 3. The molecule has 1 atom stereocenters. The number of aromatic amines is 1. The summed E-state index contributed by atoms with van der Waals surface area (Å²) in [4.78, 5) is 12.3. The van der Waals surface area contributed by atoms with Gasteiger partial charge in [0.15, 0.2) is 5.82 Å². The Labute approximate surface area is 113 Å². The molecule has 5 heteroatoms. The second kappa shape index (κ2) is 5.57. The molecule has 0 amide bonds. The van der Waals surface area contributed by atoms with E-state index in [1.807, 2.05) is 12.4 Å². The number of H-pyrrole nitrogens is 1. The summed E-state index contributed by atoms with van der Waals surface area (Å²) >= 11 is 0. The minimum Gasteiger partial charge on any atom is -0.339 e. The molecule has 2 aromatic heterocycles. The lowest BCUT2D eigenvalue weighted by Gasteiger charge is -2.13. The molecule has 2 aromatic rings. The molecule has 5 nitrogen and oxygen atoms in total. The highest BCUT2D eigenvalue weighted by molar-refractivity contribution is 5.49. The molecule has 2 N–H and O–H groups in total. The second-order valence-electron chi connectivity index (χ2n) is 5.15. The SMILES string of the molecule is CCCCc1ncc(-c2nccn2C2CCNC2)[nH]1. The molecule has 3 heterocycles. The van der Waals surface area contributed by atoms with E-state index in [1.54, 1.807) is 0 Å². The Hall–Kier alpha value is -1.62. The minimum atomic E-state index is 0.514. The van der Waals surface area contributed by atoms with Crippen molar-refractivity contribution in [1.82, 2.24) is 24.8 Å². The molecule has 0 radical (unpaired) electrons. The Morgan fingerprint density at radius 3 is 3.16 bits per heavy atom. The first-order valence-corrected chi connectivity index (χ1v) is 7.16. The monoisotopic (exact) mass is 259 g/mol. The quantitative estimate of drug-likeness (QED) is 0.865. The predicted molar refractivity (Wildman–Crippen MR) is 74.9 cm³/mol. The molecule has 0 bridgehead atoms. The van der Waals surface area contributed by atoms with Gasteiger partial charge in [0.1, 0.15) is 11.5 Å². The lowest BCUT2D eigenvalue weighted by Crippen LogP contribution is -2.13. The van der Waals surface area contributed by atoms with Crippen LogP contribution in [-0.2, 0) is 6.42 Å². The fraction of sp³-hybridized carbons (Fsp3) is 0.571. The Morgan fingerprint density at radius 2 is 2.37 bits per heavy atom. The van der Waals surface area contributed by atoms with Crippen LogP contribution in [0.15, 0.2) is 18.6 Å². The number of rotatable bonds is 5. The standard InChI is InChI=1S/C14H21N5/c1-2-3-4-13-17-10-12(18-13)14-16-7-8-19(14)11-5-6-15-9-11/h7-8,10-11,15H,2-6,9H2,1H3,(H,17,18). The summed E-state index contributed by atoms with van der Waals surface area (Å²) < 4.78 is 2.26. The summed E-state index contributed by atoms with van der Waals surface area (Å²) in [6, 6.07) is 0.514. The summed E-state index contributed by atoms with van der Waals surface area (Å²) in [7, 11) is 0. The molecule has 3 rings (SSSR count). The van der Waals surface area contributed by atoms with Crippen molar-refractivity contribution in [2.75, 3.05) is 13.1 Å². The molecule has 1 aliphatic rings. The first-order chi connectivity index (χ1) is 9.38. The van der Waals surface area contributed by atoms with Crippen molar-refractivity contribution in [2.24, 2.45) is 0 Å². The summed E-state index contributed by atoms with van der Waals surface area (Å²) in [5.41, 5.74) is 1.03. The summed E-state index contributed by atoms with van der Waals surface area (Å²) in [5, 5.41) is 3.40. The van der Waals surface area contributed by atoms with Gasteiger partial charge in [-0.2, -0.15) is 0 Å². The fourth-order valence-corrected chi connectivity index (χ4v) is 2.64. The molecule has 1 saturated heterocycles. The van der Waals surface area contributed by atoms with E-state index in [1.165, 1.54) is 19.3 Å². The smallest absolute Gasteiger partial charge is 0.158 e. The maximum atomic E-state index is 4.49. The number of aryl methyl sites for hydroxylation is 1. The normalized spacial score (nSPS) is 19.1. The van der Waals surface area contributed by atoms with Gasteiger partial charge in [0.25, 0.3) is 0 Å². The number of unbranched alkanes of at least 4 members (excludes halogenated alkanes) is 1. The van der Waals surface area contributed by atoms with Crippen LogP contribution in [0.4, 0.5) is 0 Å². The van der Waals surface area contributed by atoms with Crippen molar-refractivity contribution in [3.63, 3.8) is 0 Å². The number of imidazole rings is 2. The van der Waals surface area contributed by atoms with E-state index < -0.39 is 0 Å². The van der Waals surface area contributed by atoms with Crippen molar-refractivity contribution in [3.05, 3.63) is 24.4 Å². The first kappa shape index (κ1) is 12.4. The molecule has 1 unspecified atom stereocenters. The van der Waals surface area contributed by atoms with Crippen molar-refractivity contribution >= 4 is 0 Å². The minimum absolute atomic E-state index is 0.514. The Balaban J connectivity index is 1.81. The Kier molecular flexibility index (Phi) is 3.64. The van der Waals surface area contributed by atoms with Gasteiger partial charge in [-0.1, -0.05) is 13.3 Å². The third-order valence-corrected chi connectivity index (χ3v) is 3.73. The zero-order valence-electron chi connectivity index (χ0n) is 11.4. The molecular weight excluding hydrogens is 238 g/mol. The van der Waals surface area contributed by atoms with Crippen LogP contribution in [0.3, 0.4) is 0 Å². The van der Waals surface area contributed by atoms with Gasteiger partial charge in [-0.15, -0.1) is 0 Å². The van der Waals surface area contributed by atoms with Gasteiger partial charge in [0.2, 0.25) is 0 Å². The summed E-state index contributed by atoms with van der Waals surface area (Å²) in [6.07, 6.45) is 10.4. The van der Waals surface area contributed by atoms with Crippen molar-refractivity contribution in [1.29, 1.82) is 0 Å². The Morgan fingerprint density at radius 1 is 1.42 bits per heavy atom. The lowest BCUT2D eigenvalue weighted by molar-refractivity contribution is 0.551. The van der Waals surface area contributed by atoms with Crippen LogP contribution >= 0.6 is 0 Å². The highest BCUT2D eigenvalue weighted by atomic mass is 15.1. The number of hydrogen-bond donors (Lipinski definition) is 2. The van der Waals surface area contributed by atoms with Crippen LogP contribution in [-0.4, -0.2) is 32.6 Å². The number of nitrogens with one attached hydrogen (secondary N) is 2. The van der Waals surface area contributed by atoms with E-state index in [0.29, 0.717) is 6.04 Å². The van der Waals surface area contributed by atoms with Crippen molar-refractivity contribution in [3.8, 4) is 11.5 Å². The van der Waals surface area contributed by atoms with E-state index >= 15 is 0 Å². The average molecular weight is 259 g/mol. The van der Waals surface area contributed by atoms with Crippen LogP contribution in [0, 0.1) is 0 Å². The van der Waals surface area contributed by atoms with Gasteiger partial charge >= 0.3 is 0 Å².